The van der Waals surface area contributed by atoms with Gasteiger partial charge in [0.2, 0.25) is 5.91 Å². The SMILES string of the molecule is CCCC(=O)N(N)C(=O)C(=O)N(N)C(=O)c1ccccc1. The summed E-state index contributed by atoms with van der Waals surface area (Å²) in [6.45, 7) is 1.71. The van der Waals surface area contributed by atoms with E-state index in [1.54, 1.807) is 25.1 Å². The zero-order valence-corrected chi connectivity index (χ0v) is 11.5. The maximum atomic E-state index is 11.9. The molecule has 1 rings (SSSR count). The molecule has 0 aliphatic heterocycles. The van der Waals surface area contributed by atoms with Crippen molar-refractivity contribution in [3.05, 3.63) is 35.9 Å². The Kier molecular flexibility index (Phi) is 5.70. The van der Waals surface area contributed by atoms with Gasteiger partial charge in [-0.2, -0.15) is 0 Å². The highest BCUT2D eigenvalue weighted by molar-refractivity contribution is 6.40. The summed E-state index contributed by atoms with van der Waals surface area (Å²) < 4.78 is 0. The van der Waals surface area contributed by atoms with E-state index in [0.29, 0.717) is 6.42 Å². The molecule has 0 radical (unpaired) electrons. The smallest absolute Gasteiger partial charge is 0.273 e. The van der Waals surface area contributed by atoms with Crippen molar-refractivity contribution >= 4 is 23.6 Å². The molecule has 0 saturated carbocycles. The average Bonchev–Trinajstić information content (AvgIpc) is 2.52. The number of rotatable bonds is 3. The van der Waals surface area contributed by atoms with Crippen LogP contribution in [-0.4, -0.2) is 33.6 Å². The maximum Gasteiger partial charge on any atom is 0.335 e. The van der Waals surface area contributed by atoms with Gasteiger partial charge >= 0.3 is 11.8 Å². The van der Waals surface area contributed by atoms with E-state index in [-0.39, 0.29) is 22.0 Å². The van der Waals surface area contributed by atoms with Crippen LogP contribution in [0.1, 0.15) is 30.1 Å². The molecule has 0 heterocycles. The fourth-order valence-corrected chi connectivity index (χ4v) is 1.47. The monoisotopic (exact) mass is 292 g/mol. The molecule has 4 amide bonds. The lowest BCUT2D eigenvalue weighted by atomic mass is 10.2. The largest absolute Gasteiger partial charge is 0.335 e. The minimum atomic E-state index is -1.38. The number of amides is 4. The van der Waals surface area contributed by atoms with E-state index in [2.05, 4.69) is 0 Å². The number of carbonyl (C=O) groups is 4. The third-order valence-corrected chi connectivity index (χ3v) is 2.59. The number of benzene rings is 1. The fourth-order valence-electron chi connectivity index (χ4n) is 1.47. The van der Waals surface area contributed by atoms with Gasteiger partial charge in [-0.1, -0.05) is 25.1 Å². The number of nitrogens with zero attached hydrogens (tertiary/aromatic N) is 2. The molecular formula is C13H16N4O4. The summed E-state index contributed by atoms with van der Waals surface area (Å²) in [5.74, 6) is 6.23. The summed E-state index contributed by atoms with van der Waals surface area (Å²) in [5, 5.41) is 0.306. The second kappa shape index (κ2) is 7.27. The van der Waals surface area contributed by atoms with Crippen molar-refractivity contribution in [1.29, 1.82) is 0 Å². The Morgan fingerprint density at radius 3 is 2.00 bits per heavy atom. The average molecular weight is 292 g/mol. The van der Waals surface area contributed by atoms with Gasteiger partial charge in [-0.3, -0.25) is 19.2 Å². The van der Waals surface area contributed by atoms with Gasteiger partial charge in [0.25, 0.3) is 5.91 Å². The van der Waals surface area contributed by atoms with E-state index in [0.717, 1.165) is 0 Å². The summed E-state index contributed by atoms with van der Waals surface area (Å²) >= 11 is 0. The van der Waals surface area contributed by atoms with Crippen LogP contribution in [0, 0.1) is 0 Å². The van der Waals surface area contributed by atoms with Crippen LogP contribution in [0.2, 0.25) is 0 Å². The molecule has 8 nitrogen and oxygen atoms in total. The summed E-state index contributed by atoms with van der Waals surface area (Å²) in [6, 6.07) is 7.70. The molecular weight excluding hydrogens is 276 g/mol. The molecule has 8 heteroatoms. The Morgan fingerprint density at radius 2 is 1.48 bits per heavy atom. The third-order valence-electron chi connectivity index (χ3n) is 2.59. The quantitative estimate of drug-likeness (QED) is 0.336. The first-order valence-corrected chi connectivity index (χ1v) is 6.20. The van der Waals surface area contributed by atoms with Crippen molar-refractivity contribution in [3.8, 4) is 0 Å². The van der Waals surface area contributed by atoms with Crippen molar-refractivity contribution in [2.45, 2.75) is 19.8 Å². The molecule has 0 bridgehead atoms. The van der Waals surface area contributed by atoms with E-state index < -0.39 is 23.6 Å². The van der Waals surface area contributed by atoms with Gasteiger partial charge in [-0.25, -0.2) is 21.7 Å². The second-order valence-electron chi connectivity index (χ2n) is 4.17. The van der Waals surface area contributed by atoms with E-state index in [1.165, 1.54) is 12.1 Å². The Balaban J connectivity index is 2.80. The first-order chi connectivity index (χ1) is 9.90. The van der Waals surface area contributed by atoms with E-state index in [9.17, 15) is 19.2 Å². The Bertz CT molecular complexity index is 559. The molecule has 0 aliphatic rings. The highest BCUT2D eigenvalue weighted by Crippen LogP contribution is 2.03. The molecule has 0 fully saturated rings. The van der Waals surface area contributed by atoms with Crippen molar-refractivity contribution in [1.82, 2.24) is 10.0 Å². The predicted octanol–water partition coefficient (Wildman–Crippen LogP) is -0.442. The zero-order valence-electron chi connectivity index (χ0n) is 11.5. The van der Waals surface area contributed by atoms with Gasteiger partial charge in [-0.05, 0) is 18.6 Å². The molecule has 0 aliphatic carbocycles. The highest BCUT2D eigenvalue weighted by atomic mass is 16.2. The van der Waals surface area contributed by atoms with Crippen LogP contribution in [-0.2, 0) is 14.4 Å². The van der Waals surface area contributed by atoms with Crippen LogP contribution >= 0.6 is 0 Å². The Labute approximate surface area is 121 Å². The zero-order chi connectivity index (χ0) is 16.0. The van der Waals surface area contributed by atoms with E-state index >= 15 is 0 Å². The Hall–Kier alpha value is -2.58. The molecule has 112 valence electrons. The van der Waals surface area contributed by atoms with Gasteiger partial charge in [0.15, 0.2) is 0 Å². The van der Waals surface area contributed by atoms with Crippen LogP contribution < -0.4 is 11.7 Å². The van der Waals surface area contributed by atoms with Crippen LogP contribution in [0.3, 0.4) is 0 Å². The molecule has 21 heavy (non-hydrogen) atoms. The molecule has 4 N–H and O–H groups in total. The van der Waals surface area contributed by atoms with E-state index in [4.69, 9.17) is 11.7 Å². The number of carbonyl (C=O) groups excluding carboxylic acids is 4. The van der Waals surface area contributed by atoms with Gasteiger partial charge in [0.1, 0.15) is 0 Å². The third kappa shape index (κ3) is 3.94. The predicted molar refractivity (Wildman–Crippen MR) is 72.8 cm³/mol. The second-order valence-corrected chi connectivity index (χ2v) is 4.17. The minimum Gasteiger partial charge on any atom is -0.273 e. The molecule has 0 unspecified atom stereocenters. The van der Waals surface area contributed by atoms with Crippen molar-refractivity contribution in [2.75, 3.05) is 0 Å². The molecule has 0 spiro atoms. The normalized spacial score (nSPS) is 9.86. The molecule has 1 aromatic carbocycles. The maximum absolute atomic E-state index is 11.9. The summed E-state index contributed by atoms with van der Waals surface area (Å²) in [6.07, 6.45) is 0.468. The lowest BCUT2D eigenvalue weighted by molar-refractivity contribution is -0.156. The molecule has 0 atom stereocenters. The highest BCUT2D eigenvalue weighted by Gasteiger charge is 2.31. The molecule has 0 aromatic heterocycles. The standard InChI is InChI=1S/C13H16N4O4/c1-2-6-10(18)16(14)12(20)13(21)17(15)11(19)9-7-4-3-5-8-9/h3-5,7-8H,2,6,14-15H2,1H3. The first-order valence-electron chi connectivity index (χ1n) is 6.20. The van der Waals surface area contributed by atoms with Gasteiger partial charge in [0, 0.05) is 12.0 Å². The van der Waals surface area contributed by atoms with Crippen LogP contribution in [0.15, 0.2) is 30.3 Å². The molecule has 1 aromatic rings. The summed E-state index contributed by atoms with van der Waals surface area (Å²) in [5.41, 5.74) is 0.129. The van der Waals surface area contributed by atoms with Crippen molar-refractivity contribution in [3.63, 3.8) is 0 Å². The van der Waals surface area contributed by atoms with E-state index in [1.807, 2.05) is 0 Å². The van der Waals surface area contributed by atoms with Gasteiger partial charge in [-0.15, -0.1) is 0 Å². The van der Waals surface area contributed by atoms with Crippen LogP contribution in [0.5, 0.6) is 0 Å². The lowest BCUT2D eigenvalue weighted by Gasteiger charge is -2.18. The number of hydrogen-bond donors (Lipinski definition) is 2. The van der Waals surface area contributed by atoms with Crippen LogP contribution in [0.4, 0.5) is 0 Å². The summed E-state index contributed by atoms with van der Waals surface area (Å²) in [7, 11) is 0. The van der Waals surface area contributed by atoms with Crippen LogP contribution in [0.25, 0.3) is 0 Å². The van der Waals surface area contributed by atoms with Crippen molar-refractivity contribution in [2.24, 2.45) is 11.7 Å². The lowest BCUT2D eigenvalue weighted by Crippen LogP contribution is -2.54. The van der Waals surface area contributed by atoms with Crippen molar-refractivity contribution < 1.29 is 19.2 Å². The van der Waals surface area contributed by atoms with Gasteiger partial charge in [0.05, 0.1) is 0 Å². The van der Waals surface area contributed by atoms with Gasteiger partial charge < -0.3 is 0 Å². The number of imide groups is 2. The topological polar surface area (TPSA) is 127 Å². The Morgan fingerprint density at radius 1 is 0.952 bits per heavy atom. The summed E-state index contributed by atoms with van der Waals surface area (Å²) in [4.78, 5) is 46.8. The minimum absolute atomic E-state index is 0.00667. The fraction of sp³-hybridized carbons (Fsp3) is 0.231. The number of hydrogen-bond acceptors (Lipinski definition) is 6. The number of hydrazine groups is 2. The number of nitrogens with two attached hydrogens (primary N) is 2. The molecule has 0 saturated heterocycles. The first kappa shape index (κ1) is 16.5.